The SMILES string of the molecule is COc1ccc([C@H]2C(C(=O)OC(C)C)=C(C)N=C3SC(C#N)=C(N)N32)c(OC)c1. The number of hydrogen-bond acceptors (Lipinski definition) is 9. The van der Waals surface area contributed by atoms with E-state index in [0.29, 0.717) is 38.4 Å². The minimum absolute atomic E-state index is 0.237. The molecule has 9 heteroatoms. The number of nitriles is 1. The maximum Gasteiger partial charge on any atom is 0.338 e. The van der Waals surface area contributed by atoms with E-state index < -0.39 is 12.0 Å². The number of amidine groups is 1. The van der Waals surface area contributed by atoms with E-state index in [1.807, 2.05) is 6.07 Å². The highest BCUT2D eigenvalue weighted by atomic mass is 32.2. The number of nitrogens with zero attached hydrogens (tertiary/aromatic N) is 3. The molecule has 0 fully saturated rings. The highest BCUT2D eigenvalue weighted by Crippen LogP contribution is 2.47. The van der Waals surface area contributed by atoms with Gasteiger partial charge in [0.05, 0.1) is 31.6 Å². The van der Waals surface area contributed by atoms with E-state index in [4.69, 9.17) is 19.9 Å². The third-order valence-electron chi connectivity index (χ3n) is 4.48. The van der Waals surface area contributed by atoms with Crippen molar-refractivity contribution >= 4 is 22.9 Å². The van der Waals surface area contributed by atoms with Crippen LogP contribution in [0.3, 0.4) is 0 Å². The lowest BCUT2D eigenvalue weighted by atomic mass is 9.93. The number of hydrogen-bond donors (Lipinski definition) is 1. The number of nitrogens with two attached hydrogens (primary N) is 1. The number of benzene rings is 1. The van der Waals surface area contributed by atoms with E-state index in [9.17, 15) is 10.1 Å². The Labute approximate surface area is 173 Å². The fourth-order valence-electron chi connectivity index (χ4n) is 3.22. The molecule has 152 valence electrons. The molecule has 2 aliphatic rings. The molecule has 1 aromatic carbocycles. The highest BCUT2D eigenvalue weighted by Gasteiger charge is 2.43. The normalized spacial score (nSPS) is 18.4. The number of aliphatic imine (C=N–C) groups is 1. The molecule has 0 amide bonds. The van der Waals surface area contributed by atoms with Crippen molar-refractivity contribution in [2.75, 3.05) is 14.2 Å². The quantitative estimate of drug-likeness (QED) is 0.732. The molecule has 0 spiro atoms. The van der Waals surface area contributed by atoms with Crippen LogP contribution in [-0.2, 0) is 9.53 Å². The van der Waals surface area contributed by atoms with Crippen molar-refractivity contribution in [3.8, 4) is 17.6 Å². The molecular weight excluding hydrogens is 392 g/mol. The number of esters is 1. The van der Waals surface area contributed by atoms with Gasteiger partial charge in [-0.25, -0.2) is 9.79 Å². The Morgan fingerprint density at radius 1 is 1.34 bits per heavy atom. The van der Waals surface area contributed by atoms with Crippen LogP contribution in [0.25, 0.3) is 0 Å². The van der Waals surface area contributed by atoms with E-state index in [0.717, 1.165) is 0 Å². The first-order chi connectivity index (χ1) is 13.8. The van der Waals surface area contributed by atoms with Gasteiger partial charge < -0.3 is 19.9 Å². The van der Waals surface area contributed by atoms with Crippen LogP contribution in [0.15, 0.2) is 45.2 Å². The van der Waals surface area contributed by atoms with E-state index in [2.05, 4.69) is 11.1 Å². The number of fused-ring (bicyclic) bond motifs is 1. The summed E-state index contributed by atoms with van der Waals surface area (Å²) >= 11 is 1.17. The lowest BCUT2D eigenvalue weighted by molar-refractivity contribution is -0.143. The lowest BCUT2D eigenvalue weighted by Crippen LogP contribution is -2.39. The van der Waals surface area contributed by atoms with Crippen LogP contribution in [0, 0.1) is 11.3 Å². The molecule has 0 unspecified atom stereocenters. The maximum absolute atomic E-state index is 13.0. The van der Waals surface area contributed by atoms with Crippen molar-refractivity contribution in [2.45, 2.75) is 32.9 Å². The summed E-state index contributed by atoms with van der Waals surface area (Å²) in [5.74, 6) is 0.869. The number of allylic oxidation sites excluding steroid dienone is 2. The molecule has 29 heavy (non-hydrogen) atoms. The molecule has 2 N–H and O–H groups in total. The van der Waals surface area contributed by atoms with Crippen molar-refractivity contribution in [1.29, 1.82) is 5.26 Å². The molecule has 0 saturated heterocycles. The molecule has 0 radical (unpaired) electrons. The van der Waals surface area contributed by atoms with Crippen LogP contribution in [-0.4, -0.2) is 36.4 Å². The number of ether oxygens (including phenoxy) is 3. The van der Waals surface area contributed by atoms with Crippen LogP contribution in [0.5, 0.6) is 11.5 Å². The summed E-state index contributed by atoms with van der Waals surface area (Å²) < 4.78 is 16.3. The molecule has 0 aromatic heterocycles. The Balaban J connectivity index is 2.23. The van der Waals surface area contributed by atoms with Crippen LogP contribution in [0.1, 0.15) is 32.4 Å². The molecule has 1 aromatic rings. The lowest BCUT2D eigenvalue weighted by Gasteiger charge is -2.35. The third-order valence-corrected chi connectivity index (χ3v) is 5.45. The Kier molecular flexibility index (Phi) is 5.75. The Bertz CT molecular complexity index is 991. The smallest absolute Gasteiger partial charge is 0.338 e. The largest absolute Gasteiger partial charge is 0.497 e. The second-order valence-corrected chi connectivity index (χ2v) is 7.63. The van der Waals surface area contributed by atoms with Gasteiger partial charge in [0.1, 0.15) is 34.3 Å². The van der Waals surface area contributed by atoms with Gasteiger partial charge in [0.15, 0.2) is 5.17 Å². The third kappa shape index (κ3) is 3.63. The first kappa shape index (κ1) is 20.6. The van der Waals surface area contributed by atoms with E-state index in [1.165, 1.54) is 18.9 Å². The maximum atomic E-state index is 13.0. The second-order valence-electron chi connectivity index (χ2n) is 6.66. The Morgan fingerprint density at radius 3 is 2.66 bits per heavy atom. The monoisotopic (exact) mass is 414 g/mol. The molecule has 0 bridgehead atoms. The van der Waals surface area contributed by atoms with Gasteiger partial charge in [0.2, 0.25) is 0 Å². The molecule has 0 aliphatic carbocycles. The number of carbonyl (C=O) groups is 1. The second kappa shape index (κ2) is 8.09. The van der Waals surface area contributed by atoms with Crippen molar-refractivity contribution in [1.82, 2.24) is 4.90 Å². The van der Waals surface area contributed by atoms with Crippen LogP contribution in [0.4, 0.5) is 0 Å². The van der Waals surface area contributed by atoms with Crippen molar-refractivity contribution in [3.63, 3.8) is 0 Å². The van der Waals surface area contributed by atoms with Gasteiger partial charge in [-0.1, -0.05) is 0 Å². The molecule has 2 aliphatic heterocycles. The Morgan fingerprint density at radius 2 is 2.07 bits per heavy atom. The summed E-state index contributed by atoms with van der Waals surface area (Å²) in [5, 5.41) is 9.96. The van der Waals surface area contributed by atoms with Gasteiger partial charge >= 0.3 is 5.97 Å². The van der Waals surface area contributed by atoms with Crippen LogP contribution < -0.4 is 15.2 Å². The van der Waals surface area contributed by atoms with Crippen LogP contribution in [0.2, 0.25) is 0 Å². The summed E-state index contributed by atoms with van der Waals surface area (Å²) in [6.07, 6.45) is -0.304. The average molecular weight is 414 g/mol. The van der Waals surface area contributed by atoms with Crippen molar-refractivity contribution < 1.29 is 19.0 Å². The van der Waals surface area contributed by atoms with Gasteiger partial charge in [-0.15, -0.1) is 0 Å². The van der Waals surface area contributed by atoms with Gasteiger partial charge in [-0.2, -0.15) is 5.26 Å². The summed E-state index contributed by atoms with van der Waals surface area (Å²) in [5.41, 5.74) is 7.79. The van der Waals surface area contributed by atoms with Crippen molar-refractivity contribution in [3.05, 3.63) is 45.8 Å². The topological polar surface area (TPSA) is 110 Å². The predicted octanol–water partition coefficient (Wildman–Crippen LogP) is 3.04. The standard InChI is InChI=1S/C20H22N4O4S/c1-10(2)28-19(25)16-11(3)23-20-24(18(22)15(9-21)29-20)17(16)13-7-6-12(26-4)8-14(13)27-5/h6-8,10,17H,22H2,1-5H3/t17-/m0/s1. The Hall–Kier alpha value is -3.12. The van der Waals surface area contributed by atoms with Crippen LogP contribution >= 0.6 is 11.8 Å². The minimum Gasteiger partial charge on any atom is -0.497 e. The highest BCUT2D eigenvalue weighted by molar-refractivity contribution is 8.17. The fourth-order valence-corrected chi connectivity index (χ4v) is 4.13. The minimum atomic E-state index is -0.659. The van der Waals surface area contributed by atoms with E-state index in [1.54, 1.807) is 44.9 Å². The van der Waals surface area contributed by atoms with E-state index in [-0.39, 0.29) is 11.9 Å². The molecular formula is C20H22N4O4S. The first-order valence-electron chi connectivity index (χ1n) is 8.91. The summed E-state index contributed by atoms with van der Waals surface area (Å²) in [7, 11) is 3.10. The van der Waals surface area contributed by atoms with Gasteiger partial charge in [-0.3, -0.25) is 4.90 Å². The van der Waals surface area contributed by atoms with Gasteiger partial charge in [0, 0.05) is 11.6 Å². The van der Waals surface area contributed by atoms with E-state index >= 15 is 0 Å². The molecule has 1 atom stereocenters. The fraction of sp³-hybridized carbons (Fsp3) is 0.350. The number of thioether (sulfide) groups is 1. The van der Waals surface area contributed by atoms with Gasteiger partial charge in [0.25, 0.3) is 0 Å². The summed E-state index contributed by atoms with van der Waals surface area (Å²) in [6, 6.07) is 6.75. The predicted molar refractivity (Wildman–Crippen MR) is 110 cm³/mol. The average Bonchev–Trinajstić information content (AvgIpc) is 3.00. The molecule has 8 nitrogen and oxygen atoms in total. The first-order valence-corrected chi connectivity index (χ1v) is 9.73. The zero-order valence-electron chi connectivity index (χ0n) is 16.8. The summed E-state index contributed by atoms with van der Waals surface area (Å²) in [6.45, 7) is 5.30. The number of rotatable bonds is 5. The number of carbonyl (C=O) groups excluding carboxylic acids is 1. The zero-order valence-corrected chi connectivity index (χ0v) is 17.7. The van der Waals surface area contributed by atoms with Gasteiger partial charge in [-0.05, 0) is 44.7 Å². The van der Waals surface area contributed by atoms with Crippen molar-refractivity contribution in [2.24, 2.45) is 10.7 Å². The zero-order chi connectivity index (χ0) is 21.3. The molecule has 3 rings (SSSR count). The summed E-state index contributed by atoms with van der Waals surface area (Å²) in [4.78, 5) is 19.5. The molecule has 0 saturated carbocycles. The number of methoxy groups -OCH3 is 2. The molecule has 2 heterocycles.